The summed E-state index contributed by atoms with van der Waals surface area (Å²) in [5.74, 6) is 0.532. The predicted octanol–water partition coefficient (Wildman–Crippen LogP) is 12.2. The van der Waals surface area contributed by atoms with Gasteiger partial charge in [0.15, 0.2) is 0 Å². The van der Waals surface area contributed by atoms with Crippen LogP contribution in [0.3, 0.4) is 0 Å². The molecular weight excluding hydrogens is 712 g/mol. The molecule has 0 aliphatic heterocycles. The van der Waals surface area contributed by atoms with E-state index in [0.717, 1.165) is 49.3 Å². The Hall–Kier alpha value is -5.43. The Balaban J connectivity index is 1.59. The standard InChI is InChI=1S/C54H55O2P/c1-51(2,38-24-14-9-15-25-38)42-34-45(53(5,6)40-28-18-11-19-29-40)49(55)47(36-42)57(44-32-22-13-23-33-44)48-37-43(52(3,4)39-26-16-10-17-27-39)35-46(50(48)56)54(7,8)41-30-20-12-21-31-41/h9-37,55-56H,1-8H3. The number of aromatic hydroxyl groups is 2. The summed E-state index contributed by atoms with van der Waals surface area (Å²) in [4.78, 5) is 0. The Bertz CT molecular complexity index is 2300. The van der Waals surface area contributed by atoms with E-state index in [4.69, 9.17) is 0 Å². The normalized spacial score (nSPS) is 12.5. The summed E-state index contributed by atoms with van der Waals surface area (Å²) < 4.78 is 0. The van der Waals surface area contributed by atoms with Crippen molar-refractivity contribution in [1.29, 1.82) is 0 Å². The highest BCUT2D eigenvalue weighted by Gasteiger charge is 2.38. The van der Waals surface area contributed by atoms with Crippen LogP contribution in [0.5, 0.6) is 11.5 Å². The lowest BCUT2D eigenvalue weighted by molar-refractivity contribution is 0.455. The summed E-state index contributed by atoms with van der Waals surface area (Å²) in [7, 11) is -1.52. The van der Waals surface area contributed by atoms with Crippen LogP contribution in [-0.2, 0) is 21.7 Å². The molecule has 0 fully saturated rings. The highest BCUT2D eigenvalue weighted by molar-refractivity contribution is 7.80. The van der Waals surface area contributed by atoms with Crippen LogP contribution in [-0.4, -0.2) is 10.2 Å². The fourth-order valence-electron chi connectivity index (χ4n) is 8.30. The predicted molar refractivity (Wildman–Crippen MR) is 243 cm³/mol. The molecule has 0 saturated carbocycles. The summed E-state index contributed by atoms with van der Waals surface area (Å²) in [6.45, 7) is 17.9. The zero-order chi connectivity index (χ0) is 40.6. The van der Waals surface area contributed by atoms with Gasteiger partial charge in [-0.25, -0.2) is 0 Å². The van der Waals surface area contributed by atoms with Crippen LogP contribution in [0.25, 0.3) is 0 Å². The zero-order valence-electron chi connectivity index (χ0n) is 34.6. The first-order valence-electron chi connectivity index (χ1n) is 20.0. The molecular formula is C54H55O2P. The summed E-state index contributed by atoms with van der Waals surface area (Å²) in [6, 6.07) is 61.5. The van der Waals surface area contributed by atoms with E-state index in [-0.39, 0.29) is 11.5 Å². The molecule has 7 rings (SSSR count). The molecule has 0 spiro atoms. The molecule has 0 heterocycles. The molecule has 2 nitrogen and oxygen atoms in total. The number of phenolic OH excluding ortho intramolecular Hbond substituents is 2. The van der Waals surface area contributed by atoms with Crippen molar-refractivity contribution in [3.8, 4) is 11.5 Å². The van der Waals surface area contributed by atoms with Crippen molar-refractivity contribution < 1.29 is 10.2 Å². The van der Waals surface area contributed by atoms with Crippen LogP contribution in [0.15, 0.2) is 176 Å². The molecule has 0 bridgehead atoms. The van der Waals surface area contributed by atoms with E-state index in [1.54, 1.807) is 0 Å². The smallest absolute Gasteiger partial charge is 0.127 e. The van der Waals surface area contributed by atoms with Crippen LogP contribution < -0.4 is 15.9 Å². The first-order valence-corrected chi connectivity index (χ1v) is 21.3. The number of phenols is 2. The highest BCUT2D eigenvalue weighted by Crippen LogP contribution is 2.49. The molecule has 0 atom stereocenters. The number of hydrogen-bond acceptors (Lipinski definition) is 2. The molecule has 57 heavy (non-hydrogen) atoms. The molecule has 0 amide bonds. The Morgan fingerprint density at radius 2 is 0.579 bits per heavy atom. The van der Waals surface area contributed by atoms with Gasteiger partial charge in [0.1, 0.15) is 11.5 Å². The minimum atomic E-state index is -1.52. The lowest BCUT2D eigenvalue weighted by atomic mass is 9.73. The van der Waals surface area contributed by atoms with E-state index in [0.29, 0.717) is 0 Å². The van der Waals surface area contributed by atoms with Crippen molar-refractivity contribution in [1.82, 2.24) is 0 Å². The molecule has 2 N–H and O–H groups in total. The maximum Gasteiger partial charge on any atom is 0.127 e. The van der Waals surface area contributed by atoms with Crippen molar-refractivity contribution in [3.63, 3.8) is 0 Å². The maximum absolute atomic E-state index is 13.0. The Morgan fingerprint density at radius 1 is 0.316 bits per heavy atom. The van der Waals surface area contributed by atoms with Gasteiger partial charge in [0.05, 0.1) is 0 Å². The van der Waals surface area contributed by atoms with Crippen LogP contribution in [0, 0.1) is 0 Å². The molecule has 0 aliphatic rings. The second-order valence-corrected chi connectivity index (χ2v) is 19.6. The molecule has 0 aliphatic carbocycles. The zero-order valence-corrected chi connectivity index (χ0v) is 35.5. The van der Waals surface area contributed by atoms with Crippen molar-refractivity contribution in [2.75, 3.05) is 0 Å². The minimum Gasteiger partial charge on any atom is -0.507 e. The maximum atomic E-state index is 13.0. The lowest BCUT2D eigenvalue weighted by Gasteiger charge is -2.36. The van der Waals surface area contributed by atoms with Crippen molar-refractivity contribution in [2.45, 2.75) is 77.0 Å². The molecule has 288 valence electrons. The minimum absolute atomic E-state index is 0.266. The van der Waals surface area contributed by atoms with Crippen molar-refractivity contribution >= 4 is 23.8 Å². The molecule has 0 aromatic heterocycles. The second kappa shape index (κ2) is 15.5. The fourth-order valence-corrected chi connectivity index (χ4v) is 10.8. The third-order valence-corrected chi connectivity index (χ3v) is 14.9. The highest BCUT2D eigenvalue weighted by atomic mass is 31.1. The molecule has 0 unspecified atom stereocenters. The van der Waals surface area contributed by atoms with Crippen LogP contribution in [0.4, 0.5) is 0 Å². The van der Waals surface area contributed by atoms with Gasteiger partial charge in [-0.15, -0.1) is 0 Å². The summed E-state index contributed by atoms with van der Waals surface area (Å²) >= 11 is 0. The molecule has 7 aromatic rings. The van der Waals surface area contributed by atoms with Crippen molar-refractivity contribution in [3.05, 3.63) is 220 Å². The van der Waals surface area contributed by atoms with E-state index >= 15 is 0 Å². The molecule has 7 aromatic carbocycles. The van der Waals surface area contributed by atoms with E-state index in [1.807, 2.05) is 18.2 Å². The van der Waals surface area contributed by atoms with Gasteiger partial charge in [-0.3, -0.25) is 0 Å². The first-order chi connectivity index (χ1) is 27.1. The summed E-state index contributed by atoms with van der Waals surface area (Å²) in [6.07, 6.45) is 0. The Labute approximate surface area is 341 Å². The van der Waals surface area contributed by atoms with Gasteiger partial charge in [-0.05, 0) is 58.7 Å². The topological polar surface area (TPSA) is 40.5 Å². The van der Waals surface area contributed by atoms with Gasteiger partial charge in [0, 0.05) is 43.4 Å². The average molecular weight is 767 g/mol. The van der Waals surface area contributed by atoms with Crippen LogP contribution >= 0.6 is 7.92 Å². The largest absolute Gasteiger partial charge is 0.507 e. The summed E-state index contributed by atoms with van der Waals surface area (Å²) in [5.41, 5.74) is 6.66. The van der Waals surface area contributed by atoms with Gasteiger partial charge in [-0.2, -0.15) is 0 Å². The lowest BCUT2D eigenvalue weighted by Crippen LogP contribution is -2.31. The van der Waals surface area contributed by atoms with Crippen molar-refractivity contribution in [2.24, 2.45) is 0 Å². The number of rotatable bonds is 11. The molecule has 0 radical (unpaired) electrons. The van der Waals surface area contributed by atoms with E-state index < -0.39 is 29.6 Å². The number of hydrogen-bond donors (Lipinski definition) is 2. The van der Waals surface area contributed by atoms with E-state index in [2.05, 4.69) is 213 Å². The monoisotopic (exact) mass is 766 g/mol. The quantitative estimate of drug-likeness (QED) is 0.129. The number of benzene rings is 7. The first kappa shape index (κ1) is 39.8. The molecule has 0 saturated heterocycles. The second-order valence-electron chi connectivity index (χ2n) is 17.4. The third kappa shape index (κ3) is 7.45. The van der Waals surface area contributed by atoms with Crippen LogP contribution in [0.1, 0.15) is 99.9 Å². The Morgan fingerprint density at radius 3 is 0.877 bits per heavy atom. The third-order valence-electron chi connectivity index (χ3n) is 12.4. The van der Waals surface area contributed by atoms with E-state index in [9.17, 15) is 10.2 Å². The Kier molecular flexibility index (Phi) is 10.8. The van der Waals surface area contributed by atoms with Gasteiger partial charge >= 0.3 is 0 Å². The van der Waals surface area contributed by atoms with Gasteiger partial charge in [-0.1, -0.05) is 219 Å². The fraction of sp³-hybridized carbons (Fsp3) is 0.222. The summed E-state index contributed by atoms with van der Waals surface area (Å²) in [5, 5.41) is 28.7. The SMILES string of the molecule is CC(C)(c1ccccc1)c1cc(P(c2ccccc2)c2cc(C(C)(C)c3ccccc3)cc(C(C)(C)c3ccccc3)c2O)c(O)c(C(C)(C)c2ccccc2)c1. The van der Waals surface area contributed by atoms with Gasteiger partial charge < -0.3 is 10.2 Å². The average Bonchev–Trinajstić information content (AvgIpc) is 3.23. The van der Waals surface area contributed by atoms with Gasteiger partial charge in [0.2, 0.25) is 0 Å². The van der Waals surface area contributed by atoms with Gasteiger partial charge in [0.25, 0.3) is 0 Å². The van der Waals surface area contributed by atoms with E-state index in [1.165, 1.54) is 11.1 Å². The molecule has 3 heteroatoms. The van der Waals surface area contributed by atoms with Crippen LogP contribution in [0.2, 0.25) is 0 Å².